The summed E-state index contributed by atoms with van der Waals surface area (Å²) in [5.41, 5.74) is 4.55. The molecular formula is C25H27NO3. The van der Waals surface area contributed by atoms with Gasteiger partial charge in [-0.1, -0.05) is 36.4 Å². The molecule has 0 amide bonds. The third kappa shape index (κ3) is 3.27. The molecule has 1 atom stereocenters. The Morgan fingerprint density at radius 1 is 1.03 bits per heavy atom. The number of allylic oxidation sites excluding steroid dienone is 1. The minimum absolute atomic E-state index is 0.108. The van der Waals surface area contributed by atoms with E-state index in [2.05, 4.69) is 19.9 Å². The zero-order valence-corrected chi connectivity index (χ0v) is 17.3. The van der Waals surface area contributed by atoms with Gasteiger partial charge in [0.25, 0.3) is 0 Å². The monoisotopic (exact) mass is 389 g/mol. The van der Waals surface area contributed by atoms with Crippen molar-refractivity contribution in [2.75, 3.05) is 4.90 Å². The van der Waals surface area contributed by atoms with Crippen LogP contribution < -0.4 is 4.90 Å². The number of rotatable bonds is 4. The Morgan fingerprint density at radius 3 is 2.48 bits per heavy atom. The molecule has 1 aliphatic carbocycles. The molecule has 0 spiro atoms. The Bertz CT molecular complexity index is 992. The minimum atomic E-state index is -1.36. The molecule has 0 radical (unpaired) electrons. The van der Waals surface area contributed by atoms with Crippen LogP contribution in [-0.2, 0) is 20.9 Å². The molecule has 0 saturated carbocycles. The summed E-state index contributed by atoms with van der Waals surface area (Å²) in [6.07, 6.45) is 3.57. The second-order valence-corrected chi connectivity index (χ2v) is 8.20. The number of carbonyl (C=O) groups excluding carboxylic acids is 2. The number of aryl methyl sites for hydroxylation is 2. The average Bonchev–Trinajstić information content (AvgIpc) is 2.97. The second kappa shape index (κ2) is 7.51. The fraction of sp³-hybridized carbons (Fsp3) is 0.360. The van der Waals surface area contributed by atoms with E-state index in [1.807, 2.05) is 47.4 Å². The van der Waals surface area contributed by atoms with Crippen molar-refractivity contribution >= 4 is 17.4 Å². The predicted molar refractivity (Wildman–Crippen MR) is 114 cm³/mol. The summed E-state index contributed by atoms with van der Waals surface area (Å²) >= 11 is 0. The van der Waals surface area contributed by atoms with Crippen LogP contribution >= 0.6 is 0 Å². The highest BCUT2D eigenvalue weighted by molar-refractivity contribution is 6.22. The first-order chi connectivity index (χ1) is 13.9. The Kier molecular flexibility index (Phi) is 5.03. The Balaban J connectivity index is 1.71. The second-order valence-electron chi connectivity index (χ2n) is 8.20. The van der Waals surface area contributed by atoms with Crippen molar-refractivity contribution in [3.05, 3.63) is 76.5 Å². The minimum Gasteiger partial charge on any atom is -0.459 e. The zero-order chi connectivity index (χ0) is 20.6. The Morgan fingerprint density at radius 2 is 1.76 bits per heavy atom. The average molecular weight is 389 g/mol. The normalized spacial score (nSPS) is 21.3. The molecule has 0 fully saturated rings. The molecular weight excluding hydrogens is 362 g/mol. The third-order valence-electron chi connectivity index (χ3n) is 6.23. The van der Waals surface area contributed by atoms with E-state index in [9.17, 15) is 9.59 Å². The summed E-state index contributed by atoms with van der Waals surface area (Å²) in [6.45, 7) is 6.00. The number of benzene rings is 2. The van der Waals surface area contributed by atoms with E-state index in [0.29, 0.717) is 0 Å². The SMILES string of the molecule is Cc1ccc(N2C3=C(CCCC3)C(=O)C2(C)C(=O)OCc2ccccc2)cc1C. The maximum atomic E-state index is 13.4. The first-order valence-electron chi connectivity index (χ1n) is 10.3. The van der Waals surface area contributed by atoms with E-state index in [0.717, 1.165) is 53.8 Å². The van der Waals surface area contributed by atoms with Crippen LogP contribution in [-0.4, -0.2) is 17.3 Å². The van der Waals surface area contributed by atoms with Gasteiger partial charge in [-0.3, -0.25) is 4.79 Å². The van der Waals surface area contributed by atoms with Crippen molar-refractivity contribution in [2.45, 2.75) is 58.6 Å². The summed E-state index contributed by atoms with van der Waals surface area (Å²) in [4.78, 5) is 28.7. The lowest BCUT2D eigenvalue weighted by Crippen LogP contribution is -2.54. The first-order valence-corrected chi connectivity index (χ1v) is 10.3. The predicted octanol–water partition coefficient (Wildman–Crippen LogP) is 5.02. The van der Waals surface area contributed by atoms with Crippen LogP contribution in [0.5, 0.6) is 0 Å². The molecule has 29 heavy (non-hydrogen) atoms. The van der Waals surface area contributed by atoms with E-state index < -0.39 is 11.5 Å². The number of Topliss-reactive ketones (excluding diaryl/α,β-unsaturated/α-hetero) is 1. The first kappa shape index (κ1) is 19.4. The molecule has 2 aromatic rings. The van der Waals surface area contributed by atoms with Gasteiger partial charge in [0.2, 0.25) is 5.54 Å². The number of carbonyl (C=O) groups is 2. The molecule has 150 valence electrons. The van der Waals surface area contributed by atoms with Crippen molar-refractivity contribution in [1.29, 1.82) is 0 Å². The molecule has 0 saturated heterocycles. The highest BCUT2D eigenvalue weighted by Gasteiger charge is 2.56. The number of hydrogen-bond donors (Lipinski definition) is 0. The van der Waals surface area contributed by atoms with Gasteiger partial charge in [-0.25, -0.2) is 4.79 Å². The van der Waals surface area contributed by atoms with Gasteiger partial charge in [0.15, 0.2) is 5.78 Å². The fourth-order valence-corrected chi connectivity index (χ4v) is 4.37. The summed E-state index contributed by atoms with van der Waals surface area (Å²) in [5, 5.41) is 0. The highest BCUT2D eigenvalue weighted by atomic mass is 16.5. The summed E-state index contributed by atoms with van der Waals surface area (Å²) < 4.78 is 5.67. The molecule has 0 aromatic heterocycles. The van der Waals surface area contributed by atoms with E-state index in [-0.39, 0.29) is 12.4 Å². The van der Waals surface area contributed by atoms with Crippen LogP contribution in [0, 0.1) is 13.8 Å². The van der Waals surface area contributed by atoms with Crippen molar-refractivity contribution in [3.63, 3.8) is 0 Å². The van der Waals surface area contributed by atoms with Crippen molar-refractivity contribution in [3.8, 4) is 0 Å². The van der Waals surface area contributed by atoms with Crippen molar-refractivity contribution < 1.29 is 14.3 Å². The maximum Gasteiger partial charge on any atom is 0.340 e. The van der Waals surface area contributed by atoms with Crippen LogP contribution in [0.2, 0.25) is 0 Å². The van der Waals surface area contributed by atoms with E-state index in [1.165, 1.54) is 5.56 Å². The standard InChI is InChI=1S/C25H27NO3/c1-17-13-14-20(15-18(17)2)26-22-12-8-7-11-21(22)23(27)25(26,3)24(28)29-16-19-9-5-4-6-10-19/h4-6,9-10,13-15H,7-8,11-12,16H2,1-3H3. The van der Waals surface area contributed by atoms with Gasteiger partial charge in [0, 0.05) is 17.0 Å². The van der Waals surface area contributed by atoms with Gasteiger partial charge in [0.05, 0.1) is 0 Å². The van der Waals surface area contributed by atoms with Crippen LogP contribution in [0.1, 0.15) is 49.3 Å². The van der Waals surface area contributed by atoms with Gasteiger partial charge in [-0.2, -0.15) is 0 Å². The molecule has 0 N–H and O–H groups in total. The van der Waals surface area contributed by atoms with Gasteiger partial charge in [0.1, 0.15) is 6.61 Å². The molecule has 0 bridgehead atoms. The maximum absolute atomic E-state index is 13.4. The molecule has 2 aromatic carbocycles. The van der Waals surface area contributed by atoms with Crippen LogP contribution in [0.4, 0.5) is 5.69 Å². The van der Waals surface area contributed by atoms with Crippen LogP contribution in [0.25, 0.3) is 0 Å². The van der Waals surface area contributed by atoms with Gasteiger partial charge in [-0.05, 0) is 75.3 Å². The van der Waals surface area contributed by atoms with E-state index in [1.54, 1.807) is 6.92 Å². The molecule has 4 rings (SSSR count). The number of ether oxygens (including phenoxy) is 1. The molecule has 1 heterocycles. The summed E-state index contributed by atoms with van der Waals surface area (Å²) in [7, 11) is 0. The number of nitrogens with zero attached hydrogens (tertiary/aromatic N) is 1. The van der Waals surface area contributed by atoms with Gasteiger partial charge < -0.3 is 9.64 Å². The Hall–Kier alpha value is -2.88. The smallest absolute Gasteiger partial charge is 0.340 e. The molecule has 4 heteroatoms. The molecule has 4 nitrogen and oxygen atoms in total. The summed E-state index contributed by atoms with van der Waals surface area (Å²) in [6, 6.07) is 15.7. The van der Waals surface area contributed by atoms with E-state index in [4.69, 9.17) is 4.74 Å². The molecule has 1 unspecified atom stereocenters. The largest absolute Gasteiger partial charge is 0.459 e. The summed E-state index contributed by atoms with van der Waals surface area (Å²) in [5.74, 6) is -0.595. The lowest BCUT2D eigenvalue weighted by Gasteiger charge is -2.36. The number of esters is 1. The third-order valence-corrected chi connectivity index (χ3v) is 6.23. The number of ketones is 1. The van der Waals surface area contributed by atoms with Gasteiger partial charge >= 0.3 is 5.97 Å². The molecule has 1 aliphatic heterocycles. The van der Waals surface area contributed by atoms with E-state index >= 15 is 0 Å². The zero-order valence-electron chi connectivity index (χ0n) is 17.3. The number of hydrogen-bond acceptors (Lipinski definition) is 4. The van der Waals surface area contributed by atoms with Crippen molar-refractivity contribution in [1.82, 2.24) is 0 Å². The van der Waals surface area contributed by atoms with Crippen LogP contribution in [0.15, 0.2) is 59.8 Å². The number of anilines is 1. The van der Waals surface area contributed by atoms with Crippen LogP contribution in [0.3, 0.4) is 0 Å². The highest BCUT2D eigenvalue weighted by Crippen LogP contribution is 2.45. The lowest BCUT2D eigenvalue weighted by molar-refractivity contribution is -0.153. The molecule has 2 aliphatic rings. The quantitative estimate of drug-likeness (QED) is 0.544. The lowest BCUT2D eigenvalue weighted by atomic mass is 9.90. The Labute approximate surface area is 172 Å². The topological polar surface area (TPSA) is 46.6 Å². The van der Waals surface area contributed by atoms with Gasteiger partial charge in [-0.15, -0.1) is 0 Å². The van der Waals surface area contributed by atoms with Crippen molar-refractivity contribution in [2.24, 2.45) is 0 Å². The fourth-order valence-electron chi connectivity index (χ4n) is 4.37.